The van der Waals surface area contributed by atoms with Crippen molar-refractivity contribution in [3.8, 4) is 11.7 Å². The first kappa shape index (κ1) is 17.2. The lowest BCUT2D eigenvalue weighted by Gasteiger charge is -2.15. The first-order valence-corrected chi connectivity index (χ1v) is 7.65. The molecule has 2 aromatic heterocycles. The molecular formula is C15H16F3N5O2. The van der Waals surface area contributed by atoms with Gasteiger partial charge in [0.25, 0.3) is 5.91 Å². The third-order valence-electron chi connectivity index (χ3n) is 4.02. The third kappa shape index (κ3) is 3.57. The van der Waals surface area contributed by atoms with Crippen molar-refractivity contribution in [3.63, 3.8) is 0 Å². The van der Waals surface area contributed by atoms with Crippen LogP contribution in [0.3, 0.4) is 0 Å². The monoisotopic (exact) mass is 355 g/mol. The third-order valence-corrected chi connectivity index (χ3v) is 4.02. The zero-order valence-corrected chi connectivity index (χ0v) is 13.5. The van der Waals surface area contributed by atoms with E-state index in [0.29, 0.717) is 10.6 Å². The van der Waals surface area contributed by atoms with Crippen molar-refractivity contribution >= 4 is 5.91 Å². The lowest BCUT2D eigenvalue weighted by Crippen LogP contribution is -2.35. The Hall–Kier alpha value is -2.65. The van der Waals surface area contributed by atoms with E-state index in [-0.39, 0.29) is 17.7 Å². The summed E-state index contributed by atoms with van der Waals surface area (Å²) < 4.78 is 46.0. The molecule has 2 heterocycles. The summed E-state index contributed by atoms with van der Waals surface area (Å²) >= 11 is 0. The summed E-state index contributed by atoms with van der Waals surface area (Å²) in [5, 5.41) is 13.6. The van der Waals surface area contributed by atoms with Crippen LogP contribution in [0, 0.1) is 5.92 Å². The number of methoxy groups -OCH3 is 1. The minimum Gasteiger partial charge on any atom is -0.480 e. The summed E-state index contributed by atoms with van der Waals surface area (Å²) in [7, 11) is 1.36. The topological polar surface area (TPSA) is 81.9 Å². The van der Waals surface area contributed by atoms with E-state index in [2.05, 4.69) is 20.6 Å². The zero-order chi connectivity index (χ0) is 18.2. The lowest BCUT2D eigenvalue weighted by atomic mass is 10.1. The quantitative estimate of drug-likeness (QED) is 0.889. The van der Waals surface area contributed by atoms with Gasteiger partial charge in [0.1, 0.15) is 0 Å². The van der Waals surface area contributed by atoms with Gasteiger partial charge in [0.2, 0.25) is 5.88 Å². The number of carbonyl (C=O) groups excluding carboxylic acids is 1. The fourth-order valence-electron chi connectivity index (χ4n) is 2.49. The van der Waals surface area contributed by atoms with Crippen LogP contribution in [0.1, 0.15) is 35.8 Å². The number of alkyl halides is 3. The van der Waals surface area contributed by atoms with Crippen LogP contribution in [-0.2, 0) is 6.18 Å². The van der Waals surface area contributed by atoms with Crippen LogP contribution < -0.4 is 10.1 Å². The van der Waals surface area contributed by atoms with Gasteiger partial charge in [-0.2, -0.15) is 18.3 Å². The first-order valence-electron chi connectivity index (χ1n) is 7.65. The molecule has 7 nitrogen and oxygen atoms in total. The van der Waals surface area contributed by atoms with Gasteiger partial charge >= 0.3 is 6.18 Å². The van der Waals surface area contributed by atoms with Gasteiger partial charge in [-0.3, -0.25) is 4.79 Å². The molecule has 2 aromatic rings. The number of halogens is 3. The van der Waals surface area contributed by atoms with Crippen molar-refractivity contribution in [2.75, 3.05) is 7.11 Å². The smallest absolute Gasteiger partial charge is 0.434 e. The van der Waals surface area contributed by atoms with E-state index in [9.17, 15) is 18.0 Å². The van der Waals surface area contributed by atoms with Gasteiger partial charge in [0.05, 0.1) is 18.9 Å². The van der Waals surface area contributed by atoms with Crippen molar-refractivity contribution in [2.24, 2.45) is 5.92 Å². The molecule has 0 aromatic carbocycles. The summed E-state index contributed by atoms with van der Waals surface area (Å²) in [4.78, 5) is 12.3. The minimum absolute atomic E-state index is 0.153. The van der Waals surface area contributed by atoms with Crippen molar-refractivity contribution in [3.05, 3.63) is 29.6 Å². The molecule has 10 heteroatoms. The Labute approximate surface area is 141 Å². The molecule has 134 valence electrons. The lowest BCUT2D eigenvalue weighted by molar-refractivity contribution is -0.143. The highest BCUT2D eigenvalue weighted by Crippen LogP contribution is 2.35. The number of ether oxygens (including phenoxy) is 1. The highest BCUT2D eigenvalue weighted by molar-refractivity contribution is 5.95. The molecule has 1 fully saturated rings. The van der Waals surface area contributed by atoms with E-state index in [1.165, 1.54) is 19.2 Å². The molecule has 1 aliphatic rings. The molecule has 0 radical (unpaired) electrons. The molecule has 1 saturated carbocycles. The van der Waals surface area contributed by atoms with Crippen LogP contribution >= 0.6 is 0 Å². The summed E-state index contributed by atoms with van der Waals surface area (Å²) in [6.45, 7) is 1.78. The molecule has 0 bridgehead atoms. The highest BCUT2D eigenvalue weighted by atomic mass is 19.4. The average Bonchev–Trinajstić information content (AvgIpc) is 3.31. The van der Waals surface area contributed by atoms with Crippen LogP contribution in [0.4, 0.5) is 13.2 Å². The predicted molar refractivity (Wildman–Crippen MR) is 80.4 cm³/mol. The van der Waals surface area contributed by atoms with Gasteiger partial charge in [0.15, 0.2) is 11.5 Å². The second-order valence-corrected chi connectivity index (χ2v) is 5.85. The molecule has 1 N–H and O–H groups in total. The molecule has 1 unspecified atom stereocenters. The van der Waals surface area contributed by atoms with Crippen LogP contribution in [0.5, 0.6) is 5.88 Å². The van der Waals surface area contributed by atoms with E-state index in [1.54, 1.807) is 6.92 Å². The fourth-order valence-corrected chi connectivity index (χ4v) is 2.49. The van der Waals surface area contributed by atoms with E-state index in [1.807, 2.05) is 0 Å². The van der Waals surface area contributed by atoms with Crippen molar-refractivity contribution < 1.29 is 22.7 Å². The number of carbonyl (C=O) groups is 1. The second-order valence-electron chi connectivity index (χ2n) is 5.85. The number of hydrogen-bond acceptors (Lipinski definition) is 5. The number of hydrogen-bond donors (Lipinski definition) is 1. The van der Waals surface area contributed by atoms with E-state index in [0.717, 1.165) is 19.0 Å². The standard InChI is InChI=1S/C15H16F3N5O2/c1-8(9-3-4-9)20-14(24)10-7-19-23(13(10)15(16,17)18)11-5-6-12(25-2)22-21-11/h5-9H,3-4H2,1-2H3,(H,20,24). The molecule has 1 aliphatic carbocycles. The van der Waals surface area contributed by atoms with E-state index in [4.69, 9.17) is 4.74 Å². The Bertz CT molecular complexity index is 768. The molecule has 0 saturated heterocycles. The van der Waals surface area contributed by atoms with Crippen LogP contribution in [-0.4, -0.2) is 39.0 Å². The largest absolute Gasteiger partial charge is 0.480 e. The van der Waals surface area contributed by atoms with Gasteiger partial charge in [0, 0.05) is 12.1 Å². The molecule has 0 spiro atoms. The minimum atomic E-state index is -4.78. The molecule has 1 atom stereocenters. The summed E-state index contributed by atoms with van der Waals surface area (Å²) in [6.07, 6.45) is -1.96. The van der Waals surface area contributed by atoms with Gasteiger partial charge < -0.3 is 10.1 Å². The summed E-state index contributed by atoms with van der Waals surface area (Å²) in [5.41, 5.74) is -1.73. The normalized spacial score (nSPS) is 15.7. The van der Waals surface area contributed by atoms with E-state index >= 15 is 0 Å². The Kier molecular flexibility index (Phi) is 4.36. The van der Waals surface area contributed by atoms with Gasteiger partial charge in [-0.1, -0.05) is 0 Å². The van der Waals surface area contributed by atoms with Crippen LogP contribution in [0.2, 0.25) is 0 Å². The molecular weight excluding hydrogens is 339 g/mol. The zero-order valence-electron chi connectivity index (χ0n) is 13.5. The number of amides is 1. The van der Waals surface area contributed by atoms with Crippen LogP contribution in [0.25, 0.3) is 5.82 Å². The maximum Gasteiger partial charge on any atom is 0.434 e. The Balaban J connectivity index is 1.96. The summed E-state index contributed by atoms with van der Waals surface area (Å²) in [5.74, 6) is -0.497. The SMILES string of the molecule is COc1ccc(-n2ncc(C(=O)NC(C)C3CC3)c2C(F)(F)F)nn1. The number of nitrogens with one attached hydrogen (secondary N) is 1. The maximum atomic E-state index is 13.5. The van der Waals surface area contributed by atoms with Gasteiger partial charge in [-0.15, -0.1) is 10.2 Å². The van der Waals surface area contributed by atoms with E-state index < -0.39 is 23.3 Å². The molecule has 3 rings (SSSR count). The molecule has 1 amide bonds. The van der Waals surface area contributed by atoms with Gasteiger partial charge in [-0.25, -0.2) is 4.68 Å². The molecule has 0 aliphatic heterocycles. The second kappa shape index (κ2) is 6.34. The number of aromatic nitrogens is 4. The average molecular weight is 355 g/mol. The van der Waals surface area contributed by atoms with Crippen molar-refractivity contribution in [1.29, 1.82) is 0 Å². The van der Waals surface area contributed by atoms with Crippen LogP contribution in [0.15, 0.2) is 18.3 Å². The predicted octanol–water partition coefficient (Wildman–Crippen LogP) is 2.22. The van der Waals surface area contributed by atoms with Gasteiger partial charge in [-0.05, 0) is 31.7 Å². The highest BCUT2D eigenvalue weighted by Gasteiger charge is 2.41. The fraction of sp³-hybridized carbons (Fsp3) is 0.467. The molecule has 25 heavy (non-hydrogen) atoms. The first-order chi connectivity index (χ1) is 11.8. The van der Waals surface area contributed by atoms with Crippen molar-refractivity contribution in [1.82, 2.24) is 25.3 Å². The summed E-state index contributed by atoms with van der Waals surface area (Å²) in [6, 6.07) is 2.46. The van der Waals surface area contributed by atoms with Crippen molar-refractivity contribution in [2.45, 2.75) is 32.0 Å². The number of nitrogens with zero attached hydrogens (tertiary/aromatic N) is 4. The maximum absolute atomic E-state index is 13.5. The Morgan fingerprint density at radius 1 is 1.36 bits per heavy atom. The number of rotatable bonds is 5. The Morgan fingerprint density at radius 3 is 2.60 bits per heavy atom. The Morgan fingerprint density at radius 2 is 2.08 bits per heavy atom.